The maximum Gasteiger partial charge on any atom is 0.317 e. The third-order valence-corrected chi connectivity index (χ3v) is 6.95. The molecule has 150 valence electrons. The summed E-state index contributed by atoms with van der Waals surface area (Å²) in [5, 5.41) is 11.9. The number of amides is 2. The molecule has 1 aromatic carbocycles. The van der Waals surface area contributed by atoms with Crippen LogP contribution in [0.1, 0.15) is 38.8 Å². The van der Waals surface area contributed by atoms with E-state index in [0.717, 1.165) is 5.56 Å². The van der Waals surface area contributed by atoms with Gasteiger partial charge in [-0.1, -0.05) is 26.0 Å². The Morgan fingerprint density at radius 2 is 1.85 bits per heavy atom. The van der Waals surface area contributed by atoms with Crippen LogP contribution >= 0.6 is 0 Å². The molecule has 2 amide bonds. The summed E-state index contributed by atoms with van der Waals surface area (Å²) in [6.45, 7) is 6.81. The highest BCUT2D eigenvalue weighted by atomic mass is 32.2. The molecule has 2 unspecified atom stereocenters. The molecule has 0 aliphatic carbocycles. The minimum atomic E-state index is -3.51. The van der Waals surface area contributed by atoms with Crippen molar-refractivity contribution in [1.29, 1.82) is 0 Å². The van der Waals surface area contributed by atoms with E-state index < -0.39 is 21.9 Å². The monoisotopic (exact) mass is 397 g/mol. The molecule has 0 radical (unpaired) electrons. The van der Waals surface area contributed by atoms with E-state index >= 15 is 0 Å². The number of hydrogen-bond acceptors (Lipinski definition) is 4. The van der Waals surface area contributed by atoms with Gasteiger partial charge in [0.25, 0.3) is 0 Å². The Kier molecular flexibility index (Phi) is 6.83. The summed E-state index contributed by atoms with van der Waals surface area (Å²) in [6, 6.07) is 5.82. The van der Waals surface area contributed by atoms with Crippen LogP contribution in [0.2, 0.25) is 0 Å². The van der Waals surface area contributed by atoms with Gasteiger partial charge in [-0.2, -0.15) is 4.31 Å². The van der Waals surface area contributed by atoms with Gasteiger partial charge < -0.3 is 15.3 Å². The van der Waals surface area contributed by atoms with Crippen molar-refractivity contribution in [2.75, 3.05) is 26.2 Å². The van der Waals surface area contributed by atoms with Gasteiger partial charge in [-0.05, 0) is 31.0 Å². The zero-order valence-corrected chi connectivity index (χ0v) is 16.7. The first-order chi connectivity index (χ1) is 12.7. The number of likely N-dealkylation sites (tertiary alicyclic amines) is 1. The molecule has 1 fully saturated rings. The van der Waals surface area contributed by atoms with Gasteiger partial charge in [-0.3, -0.25) is 4.79 Å². The lowest BCUT2D eigenvalue weighted by atomic mass is 10.1. The first-order valence-electron chi connectivity index (χ1n) is 9.09. The first-order valence-corrected chi connectivity index (χ1v) is 10.5. The fourth-order valence-corrected chi connectivity index (χ4v) is 4.61. The van der Waals surface area contributed by atoms with Crippen molar-refractivity contribution in [3.63, 3.8) is 0 Å². The maximum absolute atomic E-state index is 12.5. The van der Waals surface area contributed by atoms with Crippen LogP contribution in [0.25, 0.3) is 0 Å². The normalized spacial score (nSPS) is 18.5. The summed E-state index contributed by atoms with van der Waals surface area (Å²) in [6.07, 6.45) is 0.453. The van der Waals surface area contributed by atoms with Crippen LogP contribution in [-0.2, 0) is 14.8 Å². The Bertz CT molecular complexity index is 775. The first kappa shape index (κ1) is 21.2. The average molecular weight is 397 g/mol. The van der Waals surface area contributed by atoms with Crippen molar-refractivity contribution >= 4 is 22.0 Å². The van der Waals surface area contributed by atoms with E-state index in [4.69, 9.17) is 5.11 Å². The highest BCUT2D eigenvalue weighted by Crippen LogP contribution is 2.21. The predicted molar refractivity (Wildman–Crippen MR) is 101 cm³/mol. The number of nitrogens with one attached hydrogen (secondary N) is 1. The van der Waals surface area contributed by atoms with Crippen molar-refractivity contribution in [3.8, 4) is 0 Å². The van der Waals surface area contributed by atoms with Crippen LogP contribution in [0.4, 0.5) is 4.79 Å². The van der Waals surface area contributed by atoms with E-state index in [1.165, 1.54) is 9.21 Å². The minimum Gasteiger partial charge on any atom is -0.481 e. The smallest absolute Gasteiger partial charge is 0.317 e. The lowest BCUT2D eigenvalue weighted by molar-refractivity contribution is -0.141. The number of carboxylic acids is 1. The molecule has 27 heavy (non-hydrogen) atoms. The second kappa shape index (κ2) is 8.71. The number of sulfonamides is 1. The molecule has 1 aliphatic rings. The standard InChI is InChI=1S/C18H27N3O5S/c1-4-21(5-2)27(25,26)16-8-6-14(7-9-16)13(3)19-18(24)20-11-10-15(12-20)17(22)23/h6-9,13,15H,4-5,10-12H2,1-3H3,(H,19,24)(H,22,23). The second-order valence-corrected chi connectivity index (χ2v) is 8.54. The predicted octanol–water partition coefficient (Wildman–Crippen LogP) is 1.89. The molecule has 1 heterocycles. The van der Waals surface area contributed by atoms with E-state index in [-0.39, 0.29) is 23.5 Å². The third kappa shape index (κ3) is 4.78. The van der Waals surface area contributed by atoms with Gasteiger partial charge in [-0.25, -0.2) is 13.2 Å². The van der Waals surface area contributed by atoms with Crippen LogP contribution in [-0.4, -0.2) is 60.9 Å². The fourth-order valence-electron chi connectivity index (χ4n) is 3.15. The van der Waals surface area contributed by atoms with Crippen LogP contribution in [0.15, 0.2) is 29.2 Å². The van der Waals surface area contributed by atoms with Gasteiger partial charge in [0.15, 0.2) is 0 Å². The molecule has 2 N–H and O–H groups in total. The molecule has 1 aliphatic heterocycles. The molecule has 8 nitrogen and oxygen atoms in total. The number of nitrogens with zero attached hydrogens (tertiary/aromatic N) is 2. The molecule has 0 bridgehead atoms. The number of carboxylic acid groups (broad SMARTS) is 1. The summed E-state index contributed by atoms with van der Waals surface area (Å²) in [7, 11) is -3.51. The largest absolute Gasteiger partial charge is 0.481 e. The quantitative estimate of drug-likeness (QED) is 0.731. The molecular weight excluding hydrogens is 370 g/mol. The molecule has 1 aromatic rings. The van der Waals surface area contributed by atoms with Gasteiger partial charge in [0.05, 0.1) is 16.9 Å². The Morgan fingerprint density at radius 1 is 1.26 bits per heavy atom. The van der Waals surface area contributed by atoms with Crippen LogP contribution in [0, 0.1) is 5.92 Å². The molecule has 9 heteroatoms. The lowest BCUT2D eigenvalue weighted by Crippen LogP contribution is -2.40. The maximum atomic E-state index is 12.5. The zero-order valence-electron chi connectivity index (χ0n) is 15.9. The van der Waals surface area contributed by atoms with Crippen molar-refractivity contribution in [2.45, 2.75) is 38.1 Å². The molecule has 2 atom stereocenters. The highest BCUT2D eigenvalue weighted by molar-refractivity contribution is 7.89. The van der Waals surface area contributed by atoms with Gasteiger partial charge in [-0.15, -0.1) is 0 Å². The minimum absolute atomic E-state index is 0.203. The van der Waals surface area contributed by atoms with Gasteiger partial charge in [0.2, 0.25) is 10.0 Å². The highest BCUT2D eigenvalue weighted by Gasteiger charge is 2.31. The zero-order chi connectivity index (χ0) is 20.2. The fraction of sp³-hybridized carbons (Fsp3) is 0.556. The topological polar surface area (TPSA) is 107 Å². The van der Waals surface area contributed by atoms with Gasteiger partial charge >= 0.3 is 12.0 Å². The number of hydrogen-bond donors (Lipinski definition) is 2. The Balaban J connectivity index is 2.02. The van der Waals surface area contributed by atoms with Crippen molar-refractivity contribution in [1.82, 2.24) is 14.5 Å². The van der Waals surface area contributed by atoms with Crippen LogP contribution in [0.3, 0.4) is 0 Å². The Labute approximate surface area is 160 Å². The molecule has 0 spiro atoms. The summed E-state index contributed by atoms with van der Waals surface area (Å²) < 4.78 is 26.4. The molecule has 1 saturated heterocycles. The average Bonchev–Trinajstić information content (AvgIpc) is 3.13. The van der Waals surface area contributed by atoms with E-state index in [9.17, 15) is 18.0 Å². The van der Waals surface area contributed by atoms with E-state index in [2.05, 4.69) is 5.32 Å². The summed E-state index contributed by atoms with van der Waals surface area (Å²) in [5.41, 5.74) is 0.774. The van der Waals surface area contributed by atoms with E-state index in [1.54, 1.807) is 45.0 Å². The van der Waals surface area contributed by atoms with Gasteiger partial charge in [0.1, 0.15) is 0 Å². The molecule has 2 rings (SSSR count). The van der Waals surface area contributed by atoms with E-state index in [0.29, 0.717) is 26.1 Å². The van der Waals surface area contributed by atoms with Crippen LogP contribution in [0.5, 0.6) is 0 Å². The van der Waals surface area contributed by atoms with Gasteiger partial charge in [0, 0.05) is 26.2 Å². The third-order valence-electron chi connectivity index (χ3n) is 4.89. The lowest BCUT2D eigenvalue weighted by Gasteiger charge is -2.22. The Morgan fingerprint density at radius 3 is 2.33 bits per heavy atom. The number of rotatable bonds is 7. The number of urea groups is 1. The Hall–Kier alpha value is -2.13. The molecule has 0 saturated carbocycles. The van der Waals surface area contributed by atoms with Crippen molar-refractivity contribution < 1.29 is 23.1 Å². The number of aliphatic carboxylic acids is 1. The van der Waals surface area contributed by atoms with Crippen molar-refractivity contribution in [2.24, 2.45) is 5.92 Å². The summed E-state index contributed by atoms with van der Waals surface area (Å²) in [4.78, 5) is 25.0. The number of carbonyl (C=O) groups is 2. The SMILES string of the molecule is CCN(CC)S(=O)(=O)c1ccc(C(C)NC(=O)N2CCC(C(=O)O)C2)cc1. The van der Waals surface area contributed by atoms with E-state index in [1.807, 2.05) is 0 Å². The van der Waals surface area contributed by atoms with Crippen molar-refractivity contribution in [3.05, 3.63) is 29.8 Å². The number of benzene rings is 1. The second-order valence-electron chi connectivity index (χ2n) is 6.60. The van der Waals surface area contributed by atoms with Crippen LogP contribution < -0.4 is 5.32 Å². The molecule has 0 aromatic heterocycles. The summed E-state index contributed by atoms with van der Waals surface area (Å²) >= 11 is 0. The number of carbonyl (C=O) groups excluding carboxylic acids is 1. The summed E-state index contributed by atoms with van der Waals surface area (Å²) in [5.74, 6) is -1.40. The molecular formula is C18H27N3O5S.